The molecule has 0 radical (unpaired) electrons. The molecule has 0 spiro atoms. The summed E-state index contributed by atoms with van der Waals surface area (Å²) in [5.74, 6) is 0.261. The smallest absolute Gasteiger partial charge is 0.339 e. The topological polar surface area (TPSA) is 77.9 Å². The van der Waals surface area contributed by atoms with Crippen LogP contribution in [0.3, 0.4) is 0 Å². The molecule has 0 amide bonds. The predicted molar refractivity (Wildman–Crippen MR) is 144 cm³/mol. The minimum absolute atomic E-state index is 0.0554. The zero-order valence-electron chi connectivity index (χ0n) is 20.7. The zero-order valence-corrected chi connectivity index (χ0v) is 20.7. The van der Waals surface area contributed by atoms with Crippen LogP contribution >= 0.6 is 0 Å². The highest BCUT2D eigenvalue weighted by Crippen LogP contribution is 2.32. The molecule has 37 heavy (non-hydrogen) atoms. The quantitative estimate of drug-likeness (QED) is 0.251. The number of ether oxygens (including phenoxy) is 3. The maximum absolute atomic E-state index is 11.8. The molecule has 1 aliphatic carbocycles. The number of fused-ring (bicyclic) bond motifs is 1. The minimum Gasteiger partial charge on any atom is -0.497 e. The molecule has 3 aromatic carbocycles. The Hall–Kier alpha value is -4.16. The van der Waals surface area contributed by atoms with Crippen LogP contribution in [0.1, 0.15) is 46.1 Å². The number of para-hydroxylation sites is 1. The molecule has 1 N–H and O–H groups in total. The Morgan fingerprint density at radius 1 is 1.03 bits per heavy atom. The van der Waals surface area contributed by atoms with E-state index in [0.29, 0.717) is 18.3 Å². The van der Waals surface area contributed by atoms with Gasteiger partial charge in [-0.3, -0.25) is 0 Å². The lowest BCUT2D eigenvalue weighted by Crippen LogP contribution is -2.16. The van der Waals surface area contributed by atoms with Crippen molar-refractivity contribution in [2.45, 2.75) is 18.9 Å². The number of hydrogen-bond acceptors (Lipinski definition) is 5. The first kappa shape index (κ1) is 24.5. The molecule has 6 heteroatoms. The Bertz CT molecular complexity index is 1430. The minimum atomic E-state index is -1.07. The van der Waals surface area contributed by atoms with E-state index in [-0.39, 0.29) is 24.0 Å². The maximum atomic E-state index is 11.8. The molecular formula is C31H29NO5. The van der Waals surface area contributed by atoms with Gasteiger partial charge in [0, 0.05) is 5.39 Å². The molecule has 1 unspecified atom stereocenters. The fraction of sp³-hybridized carbons (Fsp3) is 0.226. The highest BCUT2D eigenvalue weighted by molar-refractivity contribution is 5.91. The van der Waals surface area contributed by atoms with Gasteiger partial charge < -0.3 is 19.3 Å². The Kier molecular flexibility index (Phi) is 7.47. The van der Waals surface area contributed by atoms with Gasteiger partial charge in [-0.2, -0.15) is 0 Å². The van der Waals surface area contributed by atoms with Gasteiger partial charge in [-0.05, 0) is 72.4 Å². The van der Waals surface area contributed by atoms with E-state index in [1.165, 1.54) is 26.0 Å². The van der Waals surface area contributed by atoms with E-state index in [1.807, 2.05) is 54.6 Å². The fourth-order valence-electron chi connectivity index (χ4n) is 4.09. The van der Waals surface area contributed by atoms with E-state index >= 15 is 0 Å². The number of methoxy groups -OCH3 is 1. The molecule has 6 nitrogen and oxygen atoms in total. The van der Waals surface area contributed by atoms with Crippen molar-refractivity contribution in [2.75, 3.05) is 20.3 Å². The summed E-state index contributed by atoms with van der Waals surface area (Å²) < 4.78 is 17.4. The van der Waals surface area contributed by atoms with Gasteiger partial charge in [-0.15, -0.1) is 0 Å². The number of carbonyl (C=O) groups is 1. The van der Waals surface area contributed by atoms with E-state index in [4.69, 9.17) is 19.2 Å². The predicted octanol–water partition coefficient (Wildman–Crippen LogP) is 6.66. The van der Waals surface area contributed by atoms with Gasteiger partial charge in [-0.1, -0.05) is 48.5 Å². The van der Waals surface area contributed by atoms with Crippen molar-refractivity contribution in [2.24, 2.45) is 5.92 Å². The number of benzene rings is 3. The Morgan fingerprint density at radius 2 is 1.89 bits per heavy atom. The maximum Gasteiger partial charge on any atom is 0.339 e. The van der Waals surface area contributed by atoms with Crippen molar-refractivity contribution in [3.63, 3.8) is 0 Å². The largest absolute Gasteiger partial charge is 0.497 e. The number of pyridine rings is 1. The third-order valence-electron chi connectivity index (χ3n) is 6.39. The van der Waals surface area contributed by atoms with Crippen LogP contribution in [0.2, 0.25) is 0 Å². The Balaban J connectivity index is 1.34. The molecule has 1 atom stereocenters. The molecule has 188 valence electrons. The van der Waals surface area contributed by atoms with Crippen LogP contribution in [-0.4, -0.2) is 36.4 Å². The molecule has 5 rings (SSSR count). The number of nitrogens with zero attached hydrogens (tertiary/aromatic N) is 1. The van der Waals surface area contributed by atoms with Crippen LogP contribution < -0.4 is 9.47 Å². The summed E-state index contributed by atoms with van der Waals surface area (Å²) in [7, 11) is 1.50. The second-order valence-corrected chi connectivity index (χ2v) is 9.18. The van der Waals surface area contributed by atoms with Gasteiger partial charge in [0.15, 0.2) is 0 Å². The number of aromatic nitrogens is 1. The van der Waals surface area contributed by atoms with E-state index in [0.717, 1.165) is 27.7 Å². The van der Waals surface area contributed by atoms with Crippen LogP contribution in [0, 0.1) is 5.92 Å². The molecule has 1 aliphatic rings. The number of aromatic carboxylic acids is 1. The summed E-state index contributed by atoms with van der Waals surface area (Å²) in [5.41, 5.74) is 3.89. The van der Waals surface area contributed by atoms with Gasteiger partial charge >= 0.3 is 5.97 Å². The molecular weight excluding hydrogens is 466 g/mol. The van der Waals surface area contributed by atoms with Gasteiger partial charge in [0.25, 0.3) is 0 Å². The van der Waals surface area contributed by atoms with Gasteiger partial charge in [0.05, 0.1) is 24.9 Å². The Morgan fingerprint density at radius 3 is 2.70 bits per heavy atom. The number of carboxylic acid groups (broad SMARTS) is 1. The third-order valence-corrected chi connectivity index (χ3v) is 6.39. The SMILES string of the molecule is COc1ccc(OCC(OCC2CC2)c2cccc(/C=C/c3ccc4ccccc4n3)c2)c(C(=O)O)c1. The summed E-state index contributed by atoms with van der Waals surface area (Å²) in [6.45, 7) is 0.849. The molecule has 4 aromatic rings. The van der Waals surface area contributed by atoms with Crippen molar-refractivity contribution in [1.29, 1.82) is 0 Å². The lowest BCUT2D eigenvalue weighted by Gasteiger charge is -2.20. The third kappa shape index (κ3) is 6.35. The first-order valence-corrected chi connectivity index (χ1v) is 12.4. The van der Waals surface area contributed by atoms with Crippen molar-refractivity contribution >= 4 is 29.0 Å². The van der Waals surface area contributed by atoms with Crippen LogP contribution in [0.4, 0.5) is 0 Å². The average Bonchev–Trinajstić information content (AvgIpc) is 3.76. The van der Waals surface area contributed by atoms with E-state index in [2.05, 4.69) is 18.2 Å². The first-order chi connectivity index (χ1) is 18.1. The van der Waals surface area contributed by atoms with Crippen LogP contribution in [0.25, 0.3) is 23.1 Å². The summed E-state index contributed by atoms with van der Waals surface area (Å²) in [4.78, 5) is 16.5. The lowest BCUT2D eigenvalue weighted by atomic mass is 10.1. The van der Waals surface area contributed by atoms with Gasteiger partial charge in [0.2, 0.25) is 0 Å². The normalized spacial score (nSPS) is 14.1. The van der Waals surface area contributed by atoms with Crippen molar-refractivity contribution in [3.05, 3.63) is 101 Å². The van der Waals surface area contributed by atoms with Crippen molar-refractivity contribution in [3.8, 4) is 11.5 Å². The monoisotopic (exact) mass is 495 g/mol. The second-order valence-electron chi connectivity index (χ2n) is 9.18. The van der Waals surface area contributed by atoms with Crippen molar-refractivity contribution < 1.29 is 24.1 Å². The van der Waals surface area contributed by atoms with E-state index in [1.54, 1.807) is 12.1 Å². The van der Waals surface area contributed by atoms with Gasteiger partial charge in [-0.25, -0.2) is 9.78 Å². The van der Waals surface area contributed by atoms with Crippen molar-refractivity contribution in [1.82, 2.24) is 4.98 Å². The number of carboxylic acids is 1. The average molecular weight is 496 g/mol. The molecule has 0 bridgehead atoms. The highest BCUT2D eigenvalue weighted by atomic mass is 16.5. The van der Waals surface area contributed by atoms with Crippen LogP contribution in [-0.2, 0) is 4.74 Å². The summed E-state index contributed by atoms with van der Waals surface area (Å²) in [5, 5.41) is 10.7. The summed E-state index contributed by atoms with van der Waals surface area (Å²) >= 11 is 0. The standard InChI is InChI=1S/C31H29NO5/c1-35-26-15-16-29(27(18-26)31(33)34)37-20-30(36-19-22-9-10-22)24-7-4-5-21(17-24)11-13-25-14-12-23-6-2-3-8-28(23)32-25/h2-8,11-18,22,30H,9-10,19-20H2,1H3,(H,33,34)/b13-11+. The number of rotatable bonds is 11. The molecule has 1 saturated carbocycles. The Labute approximate surface area is 216 Å². The van der Waals surface area contributed by atoms with Crippen LogP contribution in [0.15, 0.2) is 78.9 Å². The fourth-order valence-corrected chi connectivity index (χ4v) is 4.09. The summed E-state index contributed by atoms with van der Waals surface area (Å²) in [6, 6.07) is 25.0. The summed E-state index contributed by atoms with van der Waals surface area (Å²) in [6.07, 6.45) is 6.05. The molecule has 1 heterocycles. The molecule has 0 saturated heterocycles. The molecule has 0 aliphatic heterocycles. The second kappa shape index (κ2) is 11.3. The van der Waals surface area contributed by atoms with Crippen LogP contribution in [0.5, 0.6) is 11.5 Å². The van der Waals surface area contributed by atoms with E-state index in [9.17, 15) is 9.90 Å². The molecule has 1 aromatic heterocycles. The first-order valence-electron chi connectivity index (χ1n) is 12.4. The van der Waals surface area contributed by atoms with E-state index < -0.39 is 5.97 Å². The van der Waals surface area contributed by atoms with Gasteiger partial charge in [0.1, 0.15) is 29.8 Å². The molecule has 1 fully saturated rings. The zero-order chi connectivity index (χ0) is 25.6. The number of hydrogen-bond donors (Lipinski definition) is 1. The lowest BCUT2D eigenvalue weighted by molar-refractivity contribution is 0.0128. The highest BCUT2D eigenvalue weighted by Gasteiger charge is 2.25.